The van der Waals surface area contributed by atoms with E-state index in [1.807, 2.05) is 26.1 Å². The zero-order chi connectivity index (χ0) is 14.5. The van der Waals surface area contributed by atoms with Gasteiger partial charge in [-0.05, 0) is 31.7 Å². The van der Waals surface area contributed by atoms with Crippen LogP contribution in [0.1, 0.15) is 26.3 Å². The molecule has 0 saturated heterocycles. The van der Waals surface area contributed by atoms with Crippen molar-refractivity contribution < 1.29 is 5.11 Å². The summed E-state index contributed by atoms with van der Waals surface area (Å²) in [5.41, 5.74) is 0.523. The molecule has 0 aliphatic heterocycles. The molecule has 0 heterocycles. The van der Waals surface area contributed by atoms with Crippen LogP contribution in [0.5, 0.6) is 0 Å². The van der Waals surface area contributed by atoms with Gasteiger partial charge < -0.3 is 10.4 Å². The molecule has 0 radical (unpaired) electrons. The maximum atomic E-state index is 10.4. The van der Waals surface area contributed by atoms with Crippen LogP contribution >= 0.6 is 15.9 Å². The van der Waals surface area contributed by atoms with E-state index < -0.39 is 5.60 Å². The van der Waals surface area contributed by atoms with Crippen LogP contribution in [0.4, 0.5) is 0 Å². The van der Waals surface area contributed by atoms with Gasteiger partial charge in [0.1, 0.15) is 0 Å². The molecule has 108 valence electrons. The lowest BCUT2D eigenvalue weighted by Crippen LogP contribution is -2.47. The smallest absolute Gasteiger partial charge is 0.0869 e. The van der Waals surface area contributed by atoms with Crippen LogP contribution in [-0.4, -0.2) is 41.8 Å². The Morgan fingerprint density at radius 1 is 1.42 bits per heavy atom. The monoisotopic (exact) mass is 328 g/mol. The van der Waals surface area contributed by atoms with Gasteiger partial charge in [0.25, 0.3) is 0 Å². The van der Waals surface area contributed by atoms with Crippen molar-refractivity contribution in [2.75, 3.05) is 20.1 Å². The first-order chi connectivity index (χ1) is 8.78. The molecule has 1 rings (SSSR count). The molecular weight excluding hydrogens is 304 g/mol. The van der Waals surface area contributed by atoms with Crippen molar-refractivity contribution in [2.45, 2.75) is 39.0 Å². The lowest BCUT2D eigenvalue weighted by atomic mass is 10.1. The highest BCUT2D eigenvalue weighted by Crippen LogP contribution is 2.14. The Kier molecular flexibility index (Phi) is 6.47. The van der Waals surface area contributed by atoms with E-state index in [1.165, 1.54) is 5.56 Å². The third-order valence-electron chi connectivity index (χ3n) is 2.84. The quantitative estimate of drug-likeness (QED) is 0.807. The Bertz CT molecular complexity index is 393. The van der Waals surface area contributed by atoms with Gasteiger partial charge in [0.05, 0.1) is 5.60 Å². The third-order valence-corrected chi connectivity index (χ3v) is 3.34. The van der Waals surface area contributed by atoms with Crippen LogP contribution < -0.4 is 5.32 Å². The van der Waals surface area contributed by atoms with E-state index in [1.54, 1.807) is 0 Å². The molecule has 0 aromatic heterocycles. The predicted molar refractivity (Wildman–Crippen MR) is 84.2 cm³/mol. The van der Waals surface area contributed by atoms with Gasteiger partial charge in [-0.3, -0.25) is 4.90 Å². The van der Waals surface area contributed by atoms with Crippen LogP contribution in [0.2, 0.25) is 0 Å². The molecule has 2 N–H and O–H groups in total. The number of nitrogens with zero attached hydrogens (tertiary/aromatic N) is 1. The van der Waals surface area contributed by atoms with Gasteiger partial charge in [-0.2, -0.15) is 0 Å². The fourth-order valence-corrected chi connectivity index (χ4v) is 2.51. The number of likely N-dealkylation sites (N-methyl/N-ethyl adjacent to an activating group) is 1. The van der Waals surface area contributed by atoms with E-state index in [9.17, 15) is 5.11 Å². The summed E-state index contributed by atoms with van der Waals surface area (Å²) in [6.45, 7) is 8.12. The Morgan fingerprint density at radius 2 is 2.11 bits per heavy atom. The lowest BCUT2D eigenvalue weighted by molar-refractivity contribution is 0.0240. The first-order valence-corrected chi connectivity index (χ1v) is 7.46. The van der Waals surface area contributed by atoms with Crippen molar-refractivity contribution >= 4 is 15.9 Å². The Balaban J connectivity index is 2.47. The molecule has 0 aliphatic rings. The second-order valence-electron chi connectivity index (χ2n) is 5.83. The molecule has 0 bridgehead atoms. The minimum atomic E-state index is -0.717. The third kappa shape index (κ3) is 7.06. The number of hydrogen-bond acceptors (Lipinski definition) is 3. The fraction of sp³-hybridized carbons (Fsp3) is 0.600. The average Bonchev–Trinajstić information content (AvgIpc) is 2.25. The summed E-state index contributed by atoms with van der Waals surface area (Å²) in [6, 6.07) is 8.65. The van der Waals surface area contributed by atoms with Gasteiger partial charge in [0.15, 0.2) is 0 Å². The predicted octanol–water partition coefficient (Wildman–Crippen LogP) is 2.63. The van der Waals surface area contributed by atoms with Gasteiger partial charge >= 0.3 is 0 Å². The number of nitrogens with one attached hydrogen (secondary N) is 1. The normalized spacial score (nSPS) is 14.9. The van der Waals surface area contributed by atoms with Crippen LogP contribution in [-0.2, 0) is 6.54 Å². The van der Waals surface area contributed by atoms with Gasteiger partial charge in [0.2, 0.25) is 0 Å². The second kappa shape index (κ2) is 7.39. The van der Waals surface area contributed by atoms with E-state index in [-0.39, 0.29) is 0 Å². The van der Waals surface area contributed by atoms with Crippen molar-refractivity contribution in [3.63, 3.8) is 0 Å². The Morgan fingerprint density at radius 3 is 2.68 bits per heavy atom. The molecule has 4 heteroatoms. The van der Waals surface area contributed by atoms with Crippen molar-refractivity contribution in [3.05, 3.63) is 34.3 Å². The number of aliphatic hydroxyl groups is 1. The molecular formula is C15H25BrN2O. The summed E-state index contributed by atoms with van der Waals surface area (Å²) in [5.74, 6) is 0. The van der Waals surface area contributed by atoms with E-state index in [4.69, 9.17) is 0 Å². The second-order valence-corrected chi connectivity index (χ2v) is 6.75. The number of rotatable bonds is 7. The van der Waals surface area contributed by atoms with Gasteiger partial charge in [0, 0.05) is 30.1 Å². The maximum Gasteiger partial charge on any atom is 0.0869 e. The van der Waals surface area contributed by atoms with Gasteiger partial charge in [-0.25, -0.2) is 0 Å². The zero-order valence-electron chi connectivity index (χ0n) is 12.3. The molecule has 19 heavy (non-hydrogen) atoms. The van der Waals surface area contributed by atoms with E-state index in [0.29, 0.717) is 19.1 Å². The van der Waals surface area contributed by atoms with Gasteiger partial charge in [-0.1, -0.05) is 41.9 Å². The standard InChI is InChI=1S/C15H25BrN2O/c1-12(2)17-10-15(3,19)11-18(4)9-13-6-5-7-14(16)8-13/h5-8,12,17,19H,9-11H2,1-4H3. The van der Waals surface area contributed by atoms with Crippen LogP contribution in [0.25, 0.3) is 0 Å². The summed E-state index contributed by atoms with van der Waals surface area (Å²) in [7, 11) is 2.03. The molecule has 0 aliphatic carbocycles. The SMILES string of the molecule is CC(C)NCC(C)(O)CN(C)Cc1cccc(Br)c1. The first-order valence-electron chi connectivity index (χ1n) is 6.67. The summed E-state index contributed by atoms with van der Waals surface area (Å²) < 4.78 is 1.09. The first kappa shape index (κ1) is 16.6. The highest BCUT2D eigenvalue weighted by atomic mass is 79.9. The number of hydrogen-bond donors (Lipinski definition) is 2. The van der Waals surface area contributed by atoms with Crippen LogP contribution in [0.15, 0.2) is 28.7 Å². The maximum absolute atomic E-state index is 10.4. The highest BCUT2D eigenvalue weighted by molar-refractivity contribution is 9.10. The topological polar surface area (TPSA) is 35.5 Å². The van der Waals surface area contributed by atoms with Gasteiger partial charge in [-0.15, -0.1) is 0 Å². The zero-order valence-corrected chi connectivity index (χ0v) is 13.9. The van der Waals surface area contributed by atoms with Crippen LogP contribution in [0.3, 0.4) is 0 Å². The molecule has 1 aromatic rings. The summed E-state index contributed by atoms with van der Waals surface area (Å²) in [6.07, 6.45) is 0. The minimum absolute atomic E-state index is 0.391. The summed E-state index contributed by atoms with van der Waals surface area (Å²) >= 11 is 3.48. The molecule has 1 aromatic carbocycles. The molecule has 0 saturated carbocycles. The van der Waals surface area contributed by atoms with Crippen LogP contribution in [0, 0.1) is 0 Å². The molecule has 0 fully saturated rings. The van der Waals surface area contributed by atoms with E-state index in [0.717, 1.165) is 11.0 Å². The van der Waals surface area contributed by atoms with Crippen molar-refractivity contribution in [2.24, 2.45) is 0 Å². The Labute approximate surface area is 125 Å². The molecule has 1 unspecified atom stereocenters. The summed E-state index contributed by atoms with van der Waals surface area (Å²) in [5, 5.41) is 13.6. The number of benzene rings is 1. The molecule has 0 amide bonds. The molecule has 0 spiro atoms. The minimum Gasteiger partial charge on any atom is -0.388 e. The average molecular weight is 329 g/mol. The van der Waals surface area contributed by atoms with Crippen molar-refractivity contribution in [3.8, 4) is 0 Å². The number of halogens is 1. The fourth-order valence-electron chi connectivity index (χ4n) is 2.06. The highest BCUT2D eigenvalue weighted by Gasteiger charge is 2.22. The Hall–Kier alpha value is -0.420. The molecule has 1 atom stereocenters. The largest absolute Gasteiger partial charge is 0.388 e. The molecule has 3 nitrogen and oxygen atoms in total. The van der Waals surface area contributed by atoms with Crippen molar-refractivity contribution in [1.29, 1.82) is 0 Å². The summed E-state index contributed by atoms with van der Waals surface area (Å²) in [4.78, 5) is 2.14. The van der Waals surface area contributed by atoms with E-state index in [2.05, 4.69) is 52.1 Å². The van der Waals surface area contributed by atoms with Crippen molar-refractivity contribution in [1.82, 2.24) is 10.2 Å². The lowest BCUT2D eigenvalue weighted by Gasteiger charge is -2.30. The van der Waals surface area contributed by atoms with E-state index >= 15 is 0 Å².